The molecule has 1 atom stereocenters. The van der Waals surface area contributed by atoms with Crippen LogP contribution in [-0.4, -0.2) is 27.1 Å². The van der Waals surface area contributed by atoms with Crippen molar-refractivity contribution in [2.24, 2.45) is 0 Å². The SMILES string of the molecule is Cc1ccccc1-n1nc(C(=O)N2CCCC2c2cccs2)c2c1CCC2. The Balaban J connectivity index is 1.55. The van der Waals surface area contributed by atoms with E-state index < -0.39 is 0 Å². The third kappa shape index (κ3) is 2.72. The van der Waals surface area contributed by atoms with Crippen molar-refractivity contribution in [1.29, 1.82) is 0 Å². The number of hydrogen-bond donors (Lipinski definition) is 0. The highest BCUT2D eigenvalue weighted by Crippen LogP contribution is 2.37. The molecular formula is C22H23N3OS. The summed E-state index contributed by atoms with van der Waals surface area (Å²) in [5, 5.41) is 6.95. The Hall–Kier alpha value is -2.40. The molecule has 5 rings (SSSR count). The first-order valence-corrected chi connectivity index (χ1v) is 10.6. The van der Waals surface area contributed by atoms with Gasteiger partial charge >= 0.3 is 0 Å². The van der Waals surface area contributed by atoms with E-state index in [1.165, 1.54) is 21.7 Å². The van der Waals surface area contributed by atoms with Crippen LogP contribution in [0.2, 0.25) is 0 Å². The smallest absolute Gasteiger partial charge is 0.275 e. The number of thiophene rings is 1. The number of carbonyl (C=O) groups excluding carboxylic acids is 1. The number of rotatable bonds is 3. The van der Waals surface area contributed by atoms with E-state index in [9.17, 15) is 4.79 Å². The second-order valence-corrected chi connectivity index (χ2v) is 8.48. The number of aryl methyl sites for hydroxylation is 1. The van der Waals surface area contributed by atoms with Crippen LogP contribution in [0.5, 0.6) is 0 Å². The molecule has 1 aliphatic heterocycles. The lowest BCUT2D eigenvalue weighted by atomic mass is 10.1. The van der Waals surface area contributed by atoms with E-state index in [0.717, 1.165) is 44.3 Å². The summed E-state index contributed by atoms with van der Waals surface area (Å²) in [6.07, 6.45) is 5.17. The summed E-state index contributed by atoms with van der Waals surface area (Å²) < 4.78 is 2.03. The van der Waals surface area contributed by atoms with Crippen LogP contribution in [0, 0.1) is 6.92 Å². The van der Waals surface area contributed by atoms with E-state index in [1.54, 1.807) is 11.3 Å². The Morgan fingerprint density at radius 1 is 1.15 bits per heavy atom. The van der Waals surface area contributed by atoms with Gasteiger partial charge in [0.2, 0.25) is 0 Å². The minimum atomic E-state index is 0.108. The van der Waals surface area contributed by atoms with E-state index in [4.69, 9.17) is 5.10 Å². The molecule has 3 aromatic rings. The summed E-state index contributed by atoms with van der Waals surface area (Å²) in [5.41, 5.74) is 5.34. The van der Waals surface area contributed by atoms with Crippen LogP contribution in [0.3, 0.4) is 0 Å². The topological polar surface area (TPSA) is 38.1 Å². The first kappa shape index (κ1) is 16.8. The van der Waals surface area contributed by atoms with E-state index in [1.807, 2.05) is 16.8 Å². The molecular weight excluding hydrogens is 354 g/mol. The van der Waals surface area contributed by atoms with Gasteiger partial charge in [-0.15, -0.1) is 11.3 Å². The van der Waals surface area contributed by atoms with Gasteiger partial charge in [-0.2, -0.15) is 5.10 Å². The maximum atomic E-state index is 13.5. The van der Waals surface area contributed by atoms with Crippen molar-refractivity contribution in [3.63, 3.8) is 0 Å². The highest BCUT2D eigenvalue weighted by atomic mass is 32.1. The molecule has 2 aliphatic rings. The molecule has 1 aliphatic carbocycles. The number of hydrogen-bond acceptors (Lipinski definition) is 3. The van der Waals surface area contributed by atoms with Gasteiger partial charge in [0.15, 0.2) is 5.69 Å². The van der Waals surface area contributed by atoms with Crippen LogP contribution in [0.15, 0.2) is 41.8 Å². The number of nitrogens with zero attached hydrogens (tertiary/aromatic N) is 3. The maximum absolute atomic E-state index is 13.5. The van der Waals surface area contributed by atoms with Crippen LogP contribution < -0.4 is 0 Å². The van der Waals surface area contributed by atoms with Gasteiger partial charge in [-0.05, 0) is 62.1 Å². The first-order valence-electron chi connectivity index (χ1n) is 9.75. The molecule has 0 N–H and O–H groups in total. The second-order valence-electron chi connectivity index (χ2n) is 7.50. The van der Waals surface area contributed by atoms with Crippen molar-refractivity contribution in [1.82, 2.24) is 14.7 Å². The number of aromatic nitrogens is 2. The van der Waals surface area contributed by atoms with Crippen LogP contribution in [0.25, 0.3) is 5.69 Å². The van der Waals surface area contributed by atoms with E-state index in [0.29, 0.717) is 5.69 Å². The molecule has 1 amide bonds. The molecule has 0 saturated carbocycles. The highest BCUT2D eigenvalue weighted by Gasteiger charge is 2.35. The first-order chi connectivity index (χ1) is 13.2. The normalized spacial score (nSPS) is 18.9. The second kappa shape index (κ2) is 6.64. The number of benzene rings is 1. The molecule has 1 fully saturated rings. The Kier molecular flexibility index (Phi) is 4.12. The average Bonchev–Trinajstić information content (AvgIpc) is 3.45. The van der Waals surface area contributed by atoms with Gasteiger partial charge in [-0.1, -0.05) is 24.3 Å². The van der Waals surface area contributed by atoms with Gasteiger partial charge in [0.1, 0.15) is 0 Å². The Labute approximate surface area is 163 Å². The summed E-state index contributed by atoms with van der Waals surface area (Å²) >= 11 is 1.75. The zero-order chi connectivity index (χ0) is 18.4. The molecule has 1 aromatic carbocycles. The Morgan fingerprint density at radius 2 is 2.04 bits per heavy atom. The fourth-order valence-corrected chi connectivity index (χ4v) is 5.41. The molecule has 3 heterocycles. The molecule has 1 saturated heterocycles. The zero-order valence-electron chi connectivity index (χ0n) is 15.5. The van der Waals surface area contributed by atoms with Crippen molar-refractivity contribution >= 4 is 17.2 Å². The zero-order valence-corrected chi connectivity index (χ0v) is 16.3. The van der Waals surface area contributed by atoms with Crippen molar-refractivity contribution < 1.29 is 4.79 Å². The Morgan fingerprint density at radius 3 is 2.85 bits per heavy atom. The Bertz CT molecular complexity index is 989. The lowest BCUT2D eigenvalue weighted by Gasteiger charge is -2.23. The largest absolute Gasteiger partial charge is 0.329 e. The minimum absolute atomic E-state index is 0.108. The minimum Gasteiger partial charge on any atom is -0.329 e. The lowest BCUT2D eigenvalue weighted by molar-refractivity contribution is 0.0730. The third-order valence-corrected chi connectivity index (χ3v) is 6.84. The van der Waals surface area contributed by atoms with Gasteiger partial charge < -0.3 is 4.90 Å². The predicted molar refractivity (Wildman–Crippen MR) is 108 cm³/mol. The van der Waals surface area contributed by atoms with Crippen molar-refractivity contribution in [3.8, 4) is 5.69 Å². The number of fused-ring (bicyclic) bond motifs is 1. The average molecular weight is 378 g/mol. The van der Waals surface area contributed by atoms with Gasteiger partial charge in [-0.25, -0.2) is 4.68 Å². The lowest BCUT2D eigenvalue weighted by Crippen LogP contribution is -2.31. The summed E-state index contributed by atoms with van der Waals surface area (Å²) in [6.45, 7) is 2.93. The summed E-state index contributed by atoms with van der Waals surface area (Å²) in [4.78, 5) is 16.8. The van der Waals surface area contributed by atoms with Crippen molar-refractivity contribution in [2.75, 3.05) is 6.54 Å². The fraction of sp³-hybridized carbons (Fsp3) is 0.364. The molecule has 0 radical (unpaired) electrons. The van der Waals surface area contributed by atoms with Crippen LogP contribution >= 0.6 is 11.3 Å². The van der Waals surface area contributed by atoms with E-state index >= 15 is 0 Å². The molecule has 0 bridgehead atoms. The number of carbonyl (C=O) groups is 1. The maximum Gasteiger partial charge on any atom is 0.275 e. The number of likely N-dealkylation sites (tertiary alicyclic amines) is 1. The molecule has 2 aromatic heterocycles. The van der Waals surface area contributed by atoms with Crippen LogP contribution in [0.4, 0.5) is 0 Å². The quantitative estimate of drug-likeness (QED) is 0.663. The molecule has 138 valence electrons. The number of para-hydroxylation sites is 1. The summed E-state index contributed by atoms with van der Waals surface area (Å²) in [5.74, 6) is 0.108. The summed E-state index contributed by atoms with van der Waals surface area (Å²) in [7, 11) is 0. The molecule has 4 nitrogen and oxygen atoms in total. The van der Waals surface area contributed by atoms with Crippen molar-refractivity contribution in [2.45, 2.75) is 45.1 Å². The van der Waals surface area contributed by atoms with Gasteiger partial charge in [0.05, 0.1) is 11.7 Å². The van der Waals surface area contributed by atoms with Crippen LogP contribution in [0.1, 0.15) is 57.5 Å². The summed E-state index contributed by atoms with van der Waals surface area (Å²) in [6, 6.07) is 12.7. The van der Waals surface area contributed by atoms with E-state index in [2.05, 4.69) is 41.5 Å². The fourth-order valence-electron chi connectivity index (χ4n) is 4.53. The highest BCUT2D eigenvalue weighted by molar-refractivity contribution is 7.10. The molecule has 27 heavy (non-hydrogen) atoms. The van der Waals surface area contributed by atoms with Gasteiger partial charge in [0, 0.05) is 22.7 Å². The van der Waals surface area contributed by atoms with Crippen molar-refractivity contribution in [3.05, 3.63) is 69.2 Å². The van der Waals surface area contributed by atoms with E-state index in [-0.39, 0.29) is 11.9 Å². The van der Waals surface area contributed by atoms with Gasteiger partial charge in [-0.3, -0.25) is 4.79 Å². The standard InChI is InChI=1S/C22H23N3OS/c1-15-7-2-3-9-17(15)25-18-10-4-8-16(18)21(23-25)22(26)24-13-5-11-19(24)20-12-6-14-27-20/h2-3,6-7,9,12,14,19H,4-5,8,10-11,13H2,1H3. The molecule has 5 heteroatoms. The van der Waals surface area contributed by atoms with Gasteiger partial charge in [0.25, 0.3) is 5.91 Å². The number of amides is 1. The molecule has 1 unspecified atom stereocenters. The monoisotopic (exact) mass is 377 g/mol. The molecule has 0 spiro atoms. The third-order valence-electron chi connectivity index (χ3n) is 5.86. The van der Waals surface area contributed by atoms with Crippen LogP contribution in [-0.2, 0) is 12.8 Å². The predicted octanol–water partition coefficient (Wildman–Crippen LogP) is 4.71.